The van der Waals surface area contributed by atoms with Crippen molar-refractivity contribution < 1.29 is 4.74 Å². The van der Waals surface area contributed by atoms with Crippen molar-refractivity contribution in [3.63, 3.8) is 0 Å². The van der Waals surface area contributed by atoms with E-state index in [9.17, 15) is 0 Å². The predicted octanol–water partition coefficient (Wildman–Crippen LogP) is 4.79. The summed E-state index contributed by atoms with van der Waals surface area (Å²) in [6.45, 7) is 5.10. The maximum atomic E-state index is 5.89. The molecule has 2 aromatic carbocycles. The van der Waals surface area contributed by atoms with Gasteiger partial charge in [-0.15, -0.1) is 0 Å². The van der Waals surface area contributed by atoms with Gasteiger partial charge in [0.05, 0.1) is 6.61 Å². The van der Waals surface area contributed by atoms with Crippen molar-refractivity contribution in [2.75, 3.05) is 6.61 Å². The Morgan fingerprint density at radius 2 is 1.74 bits per heavy atom. The summed E-state index contributed by atoms with van der Waals surface area (Å²) in [5.74, 6) is 0.974. The van der Waals surface area contributed by atoms with Gasteiger partial charge in [0.2, 0.25) is 0 Å². The van der Waals surface area contributed by atoms with Crippen LogP contribution in [0.3, 0.4) is 0 Å². The van der Waals surface area contributed by atoms with Crippen molar-refractivity contribution >= 4 is 6.08 Å². The lowest BCUT2D eigenvalue weighted by Crippen LogP contribution is -2.17. The first kappa shape index (κ1) is 12.0. The number of benzene rings is 2. The van der Waals surface area contributed by atoms with E-state index in [0.717, 1.165) is 17.9 Å². The minimum atomic E-state index is 0.0892. The van der Waals surface area contributed by atoms with E-state index in [-0.39, 0.29) is 5.41 Å². The van der Waals surface area contributed by atoms with Gasteiger partial charge in [-0.1, -0.05) is 62.4 Å². The van der Waals surface area contributed by atoms with E-state index in [1.807, 2.05) is 6.07 Å². The van der Waals surface area contributed by atoms with Crippen LogP contribution in [0.4, 0.5) is 0 Å². The lowest BCUT2D eigenvalue weighted by atomic mass is 9.94. The SMILES string of the molecule is CC1(C)C=Cc2cc(-c3ccccc3)ccc2OC1. The van der Waals surface area contributed by atoms with E-state index in [2.05, 4.69) is 68.5 Å². The summed E-state index contributed by atoms with van der Waals surface area (Å²) in [6.07, 6.45) is 4.41. The van der Waals surface area contributed by atoms with Crippen LogP contribution < -0.4 is 4.74 Å². The fourth-order valence-corrected chi connectivity index (χ4v) is 2.25. The molecule has 0 N–H and O–H groups in total. The van der Waals surface area contributed by atoms with E-state index in [0.29, 0.717) is 0 Å². The Bertz CT molecular complexity index is 609. The molecule has 1 aliphatic heterocycles. The van der Waals surface area contributed by atoms with Crippen LogP contribution in [-0.4, -0.2) is 6.61 Å². The van der Waals surface area contributed by atoms with E-state index < -0.39 is 0 Å². The van der Waals surface area contributed by atoms with Crippen LogP contribution in [0.25, 0.3) is 17.2 Å². The van der Waals surface area contributed by atoms with Gasteiger partial charge in [-0.2, -0.15) is 0 Å². The molecule has 0 unspecified atom stereocenters. The molecule has 19 heavy (non-hydrogen) atoms. The fraction of sp³-hybridized carbons (Fsp3) is 0.222. The van der Waals surface area contributed by atoms with Crippen molar-refractivity contribution in [2.45, 2.75) is 13.8 Å². The van der Waals surface area contributed by atoms with Gasteiger partial charge >= 0.3 is 0 Å². The van der Waals surface area contributed by atoms with Crippen LogP contribution in [0.5, 0.6) is 5.75 Å². The molecule has 2 aromatic rings. The molecule has 0 aliphatic carbocycles. The molecular weight excluding hydrogens is 232 g/mol. The second-order valence-corrected chi connectivity index (χ2v) is 5.73. The Kier molecular flexibility index (Phi) is 2.90. The van der Waals surface area contributed by atoms with E-state index in [1.54, 1.807) is 0 Å². The molecule has 1 nitrogen and oxygen atoms in total. The molecule has 0 atom stereocenters. The standard InChI is InChI=1S/C18H18O/c1-18(2)11-10-16-12-15(8-9-17(16)19-13-18)14-6-4-3-5-7-14/h3-12H,13H2,1-2H3. The number of fused-ring (bicyclic) bond motifs is 1. The van der Waals surface area contributed by atoms with Gasteiger partial charge in [-0.3, -0.25) is 0 Å². The summed E-state index contributed by atoms with van der Waals surface area (Å²) in [4.78, 5) is 0. The molecule has 0 radical (unpaired) electrons. The molecule has 0 saturated heterocycles. The average Bonchev–Trinajstić information content (AvgIpc) is 2.59. The summed E-state index contributed by atoms with van der Waals surface area (Å²) in [6, 6.07) is 16.8. The third kappa shape index (κ3) is 2.55. The maximum absolute atomic E-state index is 5.89. The minimum Gasteiger partial charge on any atom is -0.492 e. The lowest BCUT2D eigenvalue weighted by molar-refractivity contribution is 0.225. The quantitative estimate of drug-likeness (QED) is 0.707. The van der Waals surface area contributed by atoms with Gasteiger partial charge < -0.3 is 4.74 Å². The largest absolute Gasteiger partial charge is 0.492 e. The highest BCUT2D eigenvalue weighted by Gasteiger charge is 2.19. The molecule has 0 fully saturated rings. The first-order valence-electron chi connectivity index (χ1n) is 6.66. The van der Waals surface area contributed by atoms with Crippen LogP contribution >= 0.6 is 0 Å². The summed E-state index contributed by atoms with van der Waals surface area (Å²) < 4.78 is 5.89. The van der Waals surface area contributed by atoms with Gasteiger partial charge in [0.15, 0.2) is 0 Å². The molecule has 96 valence electrons. The first-order chi connectivity index (χ1) is 9.14. The third-order valence-electron chi connectivity index (χ3n) is 3.43. The third-order valence-corrected chi connectivity index (χ3v) is 3.43. The maximum Gasteiger partial charge on any atom is 0.126 e. The molecule has 0 spiro atoms. The zero-order valence-electron chi connectivity index (χ0n) is 11.4. The van der Waals surface area contributed by atoms with Crippen LogP contribution in [0.1, 0.15) is 19.4 Å². The van der Waals surface area contributed by atoms with Crippen LogP contribution in [0.15, 0.2) is 54.6 Å². The molecule has 0 saturated carbocycles. The highest BCUT2D eigenvalue weighted by molar-refractivity contribution is 5.71. The number of ether oxygens (including phenoxy) is 1. The molecule has 1 aliphatic rings. The van der Waals surface area contributed by atoms with E-state index >= 15 is 0 Å². The molecule has 1 heterocycles. The van der Waals surface area contributed by atoms with Gasteiger partial charge in [0.25, 0.3) is 0 Å². The highest BCUT2D eigenvalue weighted by Crippen LogP contribution is 2.32. The van der Waals surface area contributed by atoms with Crippen molar-refractivity contribution in [3.8, 4) is 16.9 Å². The Morgan fingerprint density at radius 3 is 2.53 bits per heavy atom. The normalized spacial score (nSPS) is 16.3. The molecule has 3 rings (SSSR count). The summed E-state index contributed by atoms with van der Waals surface area (Å²) in [5, 5.41) is 0. The predicted molar refractivity (Wildman–Crippen MR) is 80.2 cm³/mol. The monoisotopic (exact) mass is 250 g/mol. The summed E-state index contributed by atoms with van der Waals surface area (Å²) in [5.41, 5.74) is 3.72. The Morgan fingerprint density at radius 1 is 0.947 bits per heavy atom. The van der Waals surface area contributed by atoms with Gasteiger partial charge in [-0.05, 0) is 23.3 Å². The molecule has 0 aromatic heterocycles. The Balaban J connectivity index is 2.03. The Labute approximate surface area is 114 Å². The van der Waals surface area contributed by atoms with E-state index in [1.165, 1.54) is 11.1 Å². The summed E-state index contributed by atoms with van der Waals surface area (Å²) in [7, 11) is 0. The van der Waals surface area contributed by atoms with Crippen LogP contribution in [0.2, 0.25) is 0 Å². The number of hydrogen-bond acceptors (Lipinski definition) is 1. The second-order valence-electron chi connectivity index (χ2n) is 5.73. The van der Waals surface area contributed by atoms with Crippen LogP contribution in [-0.2, 0) is 0 Å². The highest BCUT2D eigenvalue weighted by atomic mass is 16.5. The topological polar surface area (TPSA) is 9.23 Å². The molecule has 0 bridgehead atoms. The average molecular weight is 250 g/mol. The second kappa shape index (κ2) is 4.58. The van der Waals surface area contributed by atoms with Crippen molar-refractivity contribution in [1.29, 1.82) is 0 Å². The minimum absolute atomic E-state index is 0.0892. The van der Waals surface area contributed by atoms with Gasteiger partial charge in [0.1, 0.15) is 5.75 Å². The van der Waals surface area contributed by atoms with Gasteiger partial charge in [0, 0.05) is 11.0 Å². The lowest BCUT2D eigenvalue weighted by Gasteiger charge is -2.18. The zero-order chi connectivity index (χ0) is 13.3. The van der Waals surface area contributed by atoms with Crippen molar-refractivity contribution in [3.05, 3.63) is 60.2 Å². The summed E-state index contributed by atoms with van der Waals surface area (Å²) >= 11 is 0. The Hall–Kier alpha value is -2.02. The number of rotatable bonds is 1. The molecule has 0 amide bonds. The van der Waals surface area contributed by atoms with Crippen LogP contribution in [0, 0.1) is 5.41 Å². The molecule has 1 heteroatoms. The molecular formula is C18H18O. The first-order valence-corrected chi connectivity index (χ1v) is 6.66. The van der Waals surface area contributed by atoms with E-state index in [4.69, 9.17) is 4.74 Å². The smallest absolute Gasteiger partial charge is 0.126 e. The fourth-order valence-electron chi connectivity index (χ4n) is 2.25. The van der Waals surface area contributed by atoms with Gasteiger partial charge in [-0.25, -0.2) is 0 Å². The van der Waals surface area contributed by atoms with Crippen molar-refractivity contribution in [2.24, 2.45) is 5.41 Å². The zero-order valence-corrected chi connectivity index (χ0v) is 11.4. The van der Waals surface area contributed by atoms with Crippen molar-refractivity contribution in [1.82, 2.24) is 0 Å². The number of hydrogen-bond donors (Lipinski definition) is 0.